The molecular formula is C17H15ClF3N5O. The zero-order valence-electron chi connectivity index (χ0n) is 14.2. The van der Waals surface area contributed by atoms with Crippen LogP contribution in [0.25, 0.3) is 0 Å². The number of aromatic nitrogens is 4. The minimum atomic E-state index is -2.69. The van der Waals surface area contributed by atoms with Crippen LogP contribution in [0.15, 0.2) is 36.7 Å². The van der Waals surface area contributed by atoms with E-state index in [1.165, 1.54) is 33.8 Å². The molecule has 0 spiro atoms. The van der Waals surface area contributed by atoms with Crippen molar-refractivity contribution >= 4 is 23.2 Å². The Bertz CT molecular complexity index is 969. The molecule has 10 heteroatoms. The topological polar surface area (TPSA) is 64.7 Å². The van der Waals surface area contributed by atoms with Crippen molar-refractivity contribution in [1.82, 2.24) is 19.6 Å². The van der Waals surface area contributed by atoms with Gasteiger partial charge in [0.15, 0.2) is 0 Å². The van der Waals surface area contributed by atoms with Gasteiger partial charge < -0.3 is 5.32 Å². The van der Waals surface area contributed by atoms with Crippen molar-refractivity contribution in [3.05, 3.63) is 64.5 Å². The van der Waals surface area contributed by atoms with E-state index in [0.717, 1.165) is 0 Å². The average molecular weight is 398 g/mol. The molecule has 0 fully saturated rings. The number of anilines is 1. The van der Waals surface area contributed by atoms with Gasteiger partial charge in [-0.3, -0.25) is 14.2 Å². The number of alkyl halides is 2. The highest BCUT2D eigenvalue weighted by Gasteiger charge is 2.15. The second kappa shape index (κ2) is 7.83. The Morgan fingerprint density at radius 3 is 2.78 bits per heavy atom. The van der Waals surface area contributed by atoms with Gasteiger partial charge in [0.25, 0.3) is 6.43 Å². The Morgan fingerprint density at radius 1 is 1.33 bits per heavy atom. The maximum Gasteiger partial charge on any atom is 0.282 e. The molecule has 0 aliphatic carbocycles. The van der Waals surface area contributed by atoms with Gasteiger partial charge in [0.05, 0.1) is 18.4 Å². The molecule has 0 unspecified atom stereocenters. The van der Waals surface area contributed by atoms with Crippen molar-refractivity contribution in [2.45, 2.75) is 26.4 Å². The Balaban J connectivity index is 1.62. The van der Waals surface area contributed by atoms with E-state index >= 15 is 0 Å². The predicted molar refractivity (Wildman–Crippen MR) is 93.3 cm³/mol. The summed E-state index contributed by atoms with van der Waals surface area (Å²) in [6.45, 7) is 1.69. The highest BCUT2D eigenvalue weighted by molar-refractivity contribution is 6.31. The minimum Gasteiger partial charge on any atom is -0.322 e. The fraction of sp³-hybridized carbons (Fsp3) is 0.235. The van der Waals surface area contributed by atoms with Gasteiger partial charge in [-0.2, -0.15) is 10.2 Å². The molecular weight excluding hydrogens is 383 g/mol. The van der Waals surface area contributed by atoms with Crippen LogP contribution in [0, 0.1) is 12.7 Å². The SMILES string of the molecule is Cc1cc(C(F)F)nn1CC(=O)Nc1cnn(Cc2ccc(F)cc2Cl)c1. The Labute approximate surface area is 157 Å². The first-order chi connectivity index (χ1) is 12.8. The lowest BCUT2D eigenvalue weighted by Crippen LogP contribution is -2.20. The number of nitrogens with one attached hydrogen (secondary N) is 1. The summed E-state index contributed by atoms with van der Waals surface area (Å²) in [6, 6.07) is 5.30. The van der Waals surface area contributed by atoms with Crippen LogP contribution in [0.4, 0.5) is 18.9 Å². The molecule has 2 heterocycles. The maximum absolute atomic E-state index is 13.1. The molecule has 1 aromatic carbocycles. The number of benzene rings is 1. The summed E-state index contributed by atoms with van der Waals surface area (Å²) >= 11 is 5.99. The van der Waals surface area contributed by atoms with E-state index in [1.54, 1.807) is 19.2 Å². The molecule has 6 nitrogen and oxygen atoms in total. The predicted octanol–water partition coefficient (Wildman–Crippen LogP) is 3.81. The third-order valence-electron chi connectivity index (χ3n) is 3.78. The summed E-state index contributed by atoms with van der Waals surface area (Å²) in [6.07, 6.45) is 0.332. The number of rotatable bonds is 6. The smallest absolute Gasteiger partial charge is 0.282 e. The van der Waals surface area contributed by atoms with Gasteiger partial charge in [-0.1, -0.05) is 17.7 Å². The molecule has 0 saturated heterocycles. The van der Waals surface area contributed by atoms with Crippen molar-refractivity contribution in [2.75, 3.05) is 5.32 Å². The Kier molecular flexibility index (Phi) is 5.50. The van der Waals surface area contributed by atoms with E-state index in [0.29, 0.717) is 23.5 Å². The van der Waals surface area contributed by atoms with Crippen LogP contribution in [0.1, 0.15) is 23.4 Å². The summed E-state index contributed by atoms with van der Waals surface area (Å²) in [5.74, 6) is -0.859. The van der Waals surface area contributed by atoms with E-state index in [1.807, 2.05) is 0 Å². The van der Waals surface area contributed by atoms with Gasteiger partial charge in [-0.05, 0) is 30.7 Å². The molecule has 0 atom stereocenters. The first-order valence-electron chi connectivity index (χ1n) is 7.90. The second-order valence-corrected chi connectivity index (χ2v) is 6.29. The average Bonchev–Trinajstić information content (AvgIpc) is 3.17. The number of hydrogen-bond acceptors (Lipinski definition) is 3. The van der Waals surface area contributed by atoms with Crippen LogP contribution < -0.4 is 5.32 Å². The highest BCUT2D eigenvalue weighted by atomic mass is 35.5. The van der Waals surface area contributed by atoms with Gasteiger partial charge in [-0.15, -0.1) is 0 Å². The Hall–Kier alpha value is -2.81. The number of carbonyl (C=O) groups excluding carboxylic acids is 1. The molecule has 0 bridgehead atoms. The van der Waals surface area contributed by atoms with Crippen LogP contribution in [0.3, 0.4) is 0 Å². The number of aryl methyl sites for hydroxylation is 1. The highest BCUT2D eigenvalue weighted by Crippen LogP contribution is 2.19. The van der Waals surface area contributed by atoms with Crippen LogP contribution in [-0.4, -0.2) is 25.5 Å². The van der Waals surface area contributed by atoms with Gasteiger partial charge in [0, 0.05) is 16.9 Å². The summed E-state index contributed by atoms with van der Waals surface area (Å²) in [7, 11) is 0. The van der Waals surface area contributed by atoms with Crippen molar-refractivity contribution < 1.29 is 18.0 Å². The molecule has 0 aliphatic rings. The monoisotopic (exact) mass is 397 g/mol. The normalized spacial score (nSPS) is 11.2. The third kappa shape index (κ3) is 4.68. The van der Waals surface area contributed by atoms with Gasteiger partial charge in [-0.25, -0.2) is 13.2 Å². The standard InChI is InChI=1S/C17H15ClF3N5O/c1-10-4-15(17(20)21)24-26(10)9-16(27)23-13-6-22-25(8-13)7-11-2-3-12(19)5-14(11)18/h2-6,8,17H,7,9H2,1H3,(H,23,27). The summed E-state index contributed by atoms with van der Waals surface area (Å²) in [5, 5.41) is 10.7. The van der Waals surface area contributed by atoms with Gasteiger partial charge in [0.1, 0.15) is 18.1 Å². The molecule has 0 saturated carbocycles. The molecule has 0 aliphatic heterocycles. The fourth-order valence-corrected chi connectivity index (χ4v) is 2.70. The van der Waals surface area contributed by atoms with Crippen LogP contribution >= 0.6 is 11.6 Å². The second-order valence-electron chi connectivity index (χ2n) is 5.88. The third-order valence-corrected chi connectivity index (χ3v) is 4.13. The van der Waals surface area contributed by atoms with Crippen LogP contribution in [0.2, 0.25) is 5.02 Å². The van der Waals surface area contributed by atoms with Crippen molar-refractivity contribution in [3.63, 3.8) is 0 Å². The summed E-state index contributed by atoms with van der Waals surface area (Å²) in [4.78, 5) is 12.1. The molecule has 27 heavy (non-hydrogen) atoms. The van der Waals surface area contributed by atoms with E-state index in [4.69, 9.17) is 11.6 Å². The lowest BCUT2D eigenvalue weighted by molar-refractivity contribution is -0.117. The zero-order valence-corrected chi connectivity index (χ0v) is 14.9. The molecule has 0 radical (unpaired) electrons. The quantitative estimate of drug-likeness (QED) is 0.688. The molecule has 2 aromatic heterocycles. The molecule has 1 amide bonds. The van der Waals surface area contributed by atoms with Gasteiger partial charge in [0.2, 0.25) is 5.91 Å². The number of halogens is 4. The molecule has 3 rings (SSSR count). The van der Waals surface area contributed by atoms with Crippen molar-refractivity contribution in [2.24, 2.45) is 0 Å². The zero-order chi connectivity index (χ0) is 19.6. The van der Waals surface area contributed by atoms with Crippen molar-refractivity contribution in [1.29, 1.82) is 0 Å². The number of amides is 1. The van der Waals surface area contributed by atoms with E-state index in [2.05, 4.69) is 15.5 Å². The van der Waals surface area contributed by atoms with E-state index in [-0.39, 0.29) is 17.3 Å². The molecule has 1 N–H and O–H groups in total. The first kappa shape index (κ1) is 19.0. The van der Waals surface area contributed by atoms with Crippen molar-refractivity contribution in [3.8, 4) is 0 Å². The fourth-order valence-electron chi connectivity index (χ4n) is 2.48. The lowest BCUT2D eigenvalue weighted by Gasteiger charge is -2.05. The molecule has 142 valence electrons. The number of hydrogen-bond donors (Lipinski definition) is 1. The van der Waals surface area contributed by atoms with E-state index in [9.17, 15) is 18.0 Å². The van der Waals surface area contributed by atoms with Gasteiger partial charge >= 0.3 is 0 Å². The van der Waals surface area contributed by atoms with Crippen LogP contribution in [-0.2, 0) is 17.9 Å². The lowest BCUT2D eigenvalue weighted by atomic mass is 10.2. The first-order valence-corrected chi connectivity index (χ1v) is 8.28. The maximum atomic E-state index is 13.1. The number of carbonyl (C=O) groups is 1. The van der Waals surface area contributed by atoms with Crippen LogP contribution in [0.5, 0.6) is 0 Å². The number of nitrogens with zero attached hydrogens (tertiary/aromatic N) is 4. The largest absolute Gasteiger partial charge is 0.322 e. The summed E-state index contributed by atoms with van der Waals surface area (Å²) in [5.41, 5.74) is 1.19. The minimum absolute atomic E-state index is 0.201. The van der Waals surface area contributed by atoms with E-state index < -0.39 is 18.1 Å². The summed E-state index contributed by atoms with van der Waals surface area (Å²) < 4.78 is 41.1. The Morgan fingerprint density at radius 2 is 2.11 bits per heavy atom. The molecule has 3 aromatic rings.